The second kappa shape index (κ2) is 5.27. The van der Waals surface area contributed by atoms with Gasteiger partial charge in [-0.3, -0.25) is 0 Å². The van der Waals surface area contributed by atoms with E-state index in [1.807, 2.05) is 24.4 Å². The first-order valence-electron chi connectivity index (χ1n) is 5.45. The number of hydrogen-bond donors (Lipinski definition) is 1. The second-order valence-electron chi connectivity index (χ2n) is 3.74. The van der Waals surface area contributed by atoms with Crippen molar-refractivity contribution in [1.29, 1.82) is 0 Å². The number of nitrogens with one attached hydrogen (secondary N) is 1. The zero-order valence-electron chi connectivity index (χ0n) is 9.41. The van der Waals surface area contributed by atoms with Crippen LogP contribution in [0.4, 0.5) is 14.5 Å². The minimum Gasteiger partial charge on any atom is -0.375 e. The molecule has 0 fully saturated rings. The van der Waals surface area contributed by atoms with Gasteiger partial charge in [-0.05, 0) is 36.1 Å². The molecule has 1 N–H and O–H groups in total. The molecular formula is C13H13F2NS. The Kier molecular flexibility index (Phi) is 3.74. The topological polar surface area (TPSA) is 12.0 Å². The molecule has 17 heavy (non-hydrogen) atoms. The zero-order valence-corrected chi connectivity index (χ0v) is 10.2. The molecule has 1 unspecified atom stereocenters. The largest absolute Gasteiger partial charge is 0.375 e. The Hall–Kier alpha value is -1.42. The van der Waals surface area contributed by atoms with Gasteiger partial charge < -0.3 is 5.32 Å². The monoisotopic (exact) mass is 253 g/mol. The summed E-state index contributed by atoms with van der Waals surface area (Å²) in [5.74, 6) is -0.865. The summed E-state index contributed by atoms with van der Waals surface area (Å²) in [6.07, 6.45) is 0.816. The van der Waals surface area contributed by atoms with Crippen LogP contribution in [0.15, 0.2) is 35.7 Å². The Labute approximate surface area is 103 Å². The quantitative estimate of drug-likeness (QED) is 0.840. The predicted octanol–water partition coefficient (Wildman–Crippen LogP) is 4.59. The van der Waals surface area contributed by atoms with E-state index in [2.05, 4.69) is 5.32 Å². The molecule has 0 bridgehead atoms. The van der Waals surface area contributed by atoms with Crippen LogP contribution in [0.1, 0.15) is 24.3 Å². The molecule has 0 aliphatic heterocycles. The van der Waals surface area contributed by atoms with Gasteiger partial charge in [0.2, 0.25) is 0 Å². The van der Waals surface area contributed by atoms with Crippen molar-refractivity contribution >= 4 is 17.0 Å². The van der Waals surface area contributed by atoms with Crippen LogP contribution in [-0.2, 0) is 0 Å². The van der Waals surface area contributed by atoms with E-state index in [0.29, 0.717) is 0 Å². The lowest BCUT2D eigenvalue weighted by atomic mass is 10.1. The first kappa shape index (κ1) is 12.0. The van der Waals surface area contributed by atoms with Crippen LogP contribution < -0.4 is 5.32 Å². The van der Waals surface area contributed by atoms with Gasteiger partial charge in [-0.25, -0.2) is 8.78 Å². The van der Waals surface area contributed by atoms with Crippen molar-refractivity contribution in [2.24, 2.45) is 0 Å². The van der Waals surface area contributed by atoms with E-state index in [1.165, 1.54) is 6.07 Å². The number of hydrogen-bond acceptors (Lipinski definition) is 2. The van der Waals surface area contributed by atoms with Gasteiger partial charge >= 0.3 is 0 Å². The number of halogens is 2. The van der Waals surface area contributed by atoms with E-state index in [1.54, 1.807) is 11.3 Å². The van der Waals surface area contributed by atoms with Crippen molar-refractivity contribution in [2.75, 3.05) is 5.32 Å². The van der Waals surface area contributed by atoms with Crippen molar-refractivity contribution < 1.29 is 8.78 Å². The van der Waals surface area contributed by atoms with Gasteiger partial charge in [0.05, 0.1) is 11.7 Å². The van der Waals surface area contributed by atoms with E-state index in [0.717, 1.165) is 23.4 Å². The normalized spacial score (nSPS) is 12.4. The minimum absolute atomic E-state index is 0.0197. The smallest absolute Gasteiger partial charge is 0.146 e. The van der Waals surface area contributed by atoms with Gasteiger partial charge in [-0.15, -0.1) is 11.3 Å². The maximum atomic E-state index is 13.5. The Bertz CT molecular complexity index is 482. The van der Waals surface area contributed by atoms with E-state index >= 15 is 0 Å². The van der Waals surface area contributed by atoms with Gasteiger partial charge in [-0.1, -0.05) is 13.0 Å². The van der Waals surface area contributed by atoms with Crippen molar-refractivity contribution in [2.45, 2.75) is 19.4 Å². The summed E-state index contributed by atoms with van der Waals surface area (Å²) in [5, 5.41) is 5.01. The van der Waals surface area contributed by atoms with Crippen LogP contribution in [0.5, 0.6) is 0 Å². The van der Waals surface area contributed by atoms with Crippen LogP contribution in [0, 0.1) is 11.6 Å². The lowest BCUT2D eigenvalue weighted by Crippen LogP contribution is -2.09. The maximum Gasteiger partial charge on any atom is 0.146 e. The molecule has 4 heteroatoms. The van der Waals surface area contributed by atoms with Crippen LogP contribution in [-0.4, -0.2) is 0 Å². The van der Waals surface area contributed by atoms with Crippen molar-refractivity contribution in [3.8, 4) is 0 Å². The molecule has 2 aromatic rings. The van der Waals surface area contributed by atoms with Crippen LogP contribution in [0.2, 0.25) is 0 Å². The zero-order chi connectivity index (χ0) is 12.3. The molecule has 1 nitrogen and oxygen atoms in total. The highest BCUT2D eigenvalue weighted by atomic mass is 32.1. The summed E-state index contributed by atoms with van der Waals surface area (Å²) in [6, 6.07) is 7.40. The third kappa shape index (κ3) is 2.82. The second-order valence-corrected chi connectivity index (χ2v) is 4.72. The molecule has 0 saturated heterocycles. The maximum absolute atomic E-state index is 13.5. The summed E-state index contributed by atoms with van der Waals surface area (Å²) >= 11 is 1.61. The third-order valence-electron chi connectivity index (χ3n) is 2.55. The van der Waals surface area contributed by atoms with Crippen molar-refractivity contribution in [3.05, 3.63) is 52.2 Å². The number of benzene rings is 1. The minimum atomic E-state index is -0.435. The fourth-order valence-electron chi connectivity index (χ4n) is 1.66. The lowest BCUT2D eigenvalue weighted by molar-refractivity contribution is 0.598. The van der Waals surface area contributed by atoms with Crippen molar-refractivity contribution in [3.63, 3.8) is 0 Å². The average Bonchev–Trinajstić information content (AvgIpc) is 2.84. The Morgan fingerprint density at radius 2 is 2.12 bits per heavy atom. The fraction of sp³-hybridized carbons (Fsp3) is 0.231. The highest BCUT2D eigenvalue weighted by Gasteiger charge is 2.12. The SMILES string of the molecule is CCC(Nc1cc(F)ccc1F)c1cccs1. The Balaban J connectivity index is 2.21. The Morgan fingerprint density at radius 1 is 1.29 bits per heavy atom. The highest BCUT2D eigenvalue weighted by molar-refractivity contribution is 7.10. The Morgan fingerprint density at radius 3 is 2.76 bits per heavy atom. The van der Waals surface area contributed by atoms with E-state index in [4.69, 9.17) is 0 Å². The summed E-state index contributed by atoms with van der Waals surface area (Å²) in [5.41, 5.74) is 0.213. The molecule has 0 amide bonds. The average molecular weight is 253 g/mol. The van der Waals surface area contributed by atoms with Gasteiger partial charge in [0.15, 0.2) is 0 Å². The first-order valence-corrected chi connectivity index (χ1v) is 6.33. The van der Waals surface area contributed by atoms with Gasteiger partial charge in [0, 0.05) is 4.88 Å². The van der Waals surface area contributed by atoms with Gasteiger partial charge in [0.1, 0.15) is 11.6 Å². The van der Waals surface area contributed by atoms with E-state index in [9.17, 15) is 8.78 Å². The summed E-state index contributed by atoms with van der Waals surface area (Å²) in [6.45, 7) is 2.01. The first-order chi connectivity index (χ1) is 8.20. The number of thiophene rings is 1. The standard InChI is InChI=1S/C13H13F2NS/c1-2-11(13-4-3-7-17-13)16-12-8-9(14)5-6-10(12)15/h3-8,11,16H,2H2,1H3. The van der Waals surface area contributed by atoms with E-state index in [-0.39, 0.29) is 11.7 Å². The molecule has 90 valence electrons. The summed E-state index contributed by atoms with van der Waals surface area (Å²) in [4.78, 5) is 1.12. The molecule has 0 spiro atoms. The van der Waals surface area contributed by atoms with Crippen LogP contribution in [0.3, 0.4) is 0 Å². The molecule has 0 radical (unpaired) electrons. The molecule has 2 rings (SSSR count). The summed E-state index contributed by atoms with van der Waals surface area (Å²) < 4.78 is 26.5. The lowest BCUT2D eigenvalue weighted by Gasteiger charge is -2.17. The van der Waals surface area contributed by atoms with E-state index < -0.39 is 11.6 Å². The van der Waals surface area contributed by atoms with Crippen LogP contribution >= 0.6 is 11.3 Å². The summed E-state index contributed by atoms with van der Waals surface area (Å²) in [7, 11) is 0. The molecule has 1 aromatic heterocycles. The molecule has 1 atom stereocenters. The fourth-order valence-corrected chi connectivity index (χ4v) is 2.52. The van der Waals surface area contributed by atoms with Crippen LogP contribution in [0.25, 0.3) is 0 Å². The number of rotatable bonds is 4. The predicted molar refractivity (Wildman–Crippen MR) is 67.3 cm³/mol. The third-order valence-corrected chi connectivity index (χ3v) is 3.54. The van der Waals surface area contributed by atoms with Crippen molar-refractivity contribution in [1.82, 2.24) is 0 Å². The molecule has 0 saturated carbocycles. The number of anilines is 1. The molecule has 0 aliphatic rings. The molecular weight excluding hydrogens is 240 g/mol. The molecule has 1 heterocycles. The molecule has 0 aliphatic carbocycles. The van der Waals surface area contributed by atoms with Gasteiger partial charge in [0.25, 0.3) is 0 Å². The highest BCUT2D eigenvalue weighted by Crippen LogP contribution is 2.27. The van der Waals surface area contributed by atoms with Gasteiger partial charge in [-0.2, -0.15) is 0 Å². The molecule has 1 aromatic carbocycles.